The van der Waals surface area contributed by atoms with Crippen LogP contribution in [0.1, 0.15) is 4.88 Å². The van der Waals surface area contributed by atoms with Crippen molar-refractivity contribution in [1.82, 2.24) is 0 Å². The Morgan fingerprint density at radius 2 is 1.85 bits per heavy atom. The third-order valence-corrected chi connectivity index (χ3v) is 6.17. The van der Waals surface area contributed by atoms with Crippen molar-refractivity contribution in [3.63, 3.8) is 0 Å². The summed E-state index contributed by atoms with van der Waals surface area (Å²) in [7, 11) is 3.20. The van der Waals surface area contributed by atoms with Gasteiger partial charge in [0.25, 0.3) is 0 Å². The van der Waals surface area contributed by atoms with Crippen molar-refractivity contribution in [3.05, 3.63) is 36.4 Å². The first kappa shape index (κ1) is 15.9. The molecule has 0 amide bonds. The molecule has 20 heavy (non-hydrogen) atoms. The van der Waals surface area contributed by atoms with Gasteiger partial charge in [-0.15, -0.1) is 11.3 Å². The number of nitrogens with one attached hydrogen (secondary N) is 1. The van der Waals surface area contributed by atoms with Crippen molar-refractivity contribution in [1.29, 1.82) is 0 Å². The van der Waals surface area contributed by atoms with Gasteiger partial charge in [0.15, 0.2) is 0 Å². The van der Waals surface area contributed by atoms with E-state index in [1.54, 1.807) is 31.6 Å². The molecule has 3 nitrogen and oxygen atoms in total. The number of anilines is 1. The minimum atomic E-state index is 0.525. The molecule has 0 spiro atoms. The molecule has 2 aromatic rings. The molecule has 0 saturated heterocycles. The summed E-state index contributed by atoms with van der Waals surface area (Å²) in [5.41, 5.74) is 0.842. The van der Waals surface area contributed by atoms with Crippen LogP contribution in [0.3, 0.4) is 0 Å². The Morgan fingerprint density at radius 1 is 1.15 bits per heavy atom. The SMILES string of the molecule is COc1cc(NCc2cc(Br)c(Br)s2)c(OC)cc1Cl. The topological polar surface area (TPSA) is 30.5 Å². The van der Waals surface area contributed by atoms with Crippen molar-refractivity contribution < 1.29 is 9.47 Å². The number of rotatable bonds is 5. The smallest absolute Gasteiger partial charge is 0.143 e. The van der Waals surface area contributed by atoms with Crippen LogP contribution < -0.4 is 14.8 Å². The van der Waals surface area contributed by atoms with Crippen LogP contribution in [0.25, 0.3) is 0 Å². The fourth-order valence-electron chi connectivity index (χ4n) is 1.66. The van der Waals surface area contributed by atoms with Gasteiger partial charge in [0.1, 0.15) is 11.5 Å². The van der Waals surface area contributed by atoms with Crippen LogP contribution in [0.4, 0.5) is 5.69 Å². The summed E-state index contributed by atoms with van der Waals surface area (Å²) < 4.78 is 12.7. The van der Waals surface area contributed by atoms with Crippen molar-refractivity contribution in [2.75, 3.05) is 19.5 Å². The van der Waals surface area contributed by atoms with Crippen molar-refractivity contribution in [2.24, 2.45) is 0 Å². The second-order valence-corrected chi connectivity index (χ2v) is 7.59. The molecule has 0 fully saturated rings. The zero-order chi connectivity index (χ0) is 14.7. The molecular formula is C13H12Br2ClNO2S. The molecule has 0 bridgehead atoms. The van der Waals surface area contributed by atoms with Gasteiger partial charge in [-0.1, -0.05) is 11.6 Å². The Kier molecular flexibility index (Phi) is 5.60. The number of methoxy groups -OCH3 is 2. The normalized spacial score (nSPS) is 10.4. The highest BCUT2D eigenvalue weighted by atomic mass is 79.9. The van der Waals surface area contributed by atoms with Crippen molar-refractivity contribution in [2.45, 2.75) is 6.54 Å². The first-order chi connectivity index (χ1) is 9.55. The molecule has 0 atom stereocenters. The summed E-state index contributed by atoms with van der Waals surface area (Å²) in [5.74, 6) is 1.30. The Labute approximate surface area is 143 Å². The van der Waals surface area contributed by atoms with E-state index in [9.17, 15) is 0 Å². The molecule has 0 aliphatic carbocycles. The van der Waals surface area contributed by atoms with E-state index in [1.807, 2.05) is 6.07 Å². The van der Waals surface area contributed by atoms with Crippen LogP contribution in [0.2, 0.25) is 5.02 Å². The van der Waals surface area contributed by atoms with Crippen LogP contribution in [0, 0.1) is 0 Å². The fourth-order valence-corrected chi connectivity index (χ4v) is 4.01. The third-order valence-electron chi connectivity index (χ3n) is 2.62. The van der Waals surface area contributed by atoms with Gasteiger partial charge in [-0.25, -0.2) is 0 Å². The molecule has 0 saturated carbocycles. The average molecular weight is 442 g/mol. The summed E-state index contributed by atoms with van der Waals surface area (Å²) in [5, 5.41) is 3.85. The van der Waals surface area contributed by atoms with E-state index in [1.165, 1.54) is 4.88 Å². The molecule has 1 N–H and O–H groups in total. The minimum absolute atomic E-state index is 0.525. The Morgan fingerprint density at radius 3 is 2.40 bits per heavy atom. The molecule has 0 radical (unpaired) electrons. The van der Waals surface area contributed by atoms with Crippen LogP contribution >= 0.6 is 54.8 Å². The molecule has 2 rings (SSSR count). The van der Waals surface area contributed by atoms with Gasteiger partial charge in [0, 0.05) is 28.0 Å². The second-order valence-electron chi connectivity index (χ2n) is 3.87. The molecule has 1 aromatic heterocycles. The first-order valence-corrected chi connectivity index (χ1v) is 8.42. The monoisotopic (exact) mass is 439 g/mol. The number of hydrogen-bond donors (Lipinski definition) is 1. The molecule has 0 unspecified atom stereocenters. The van der Waals surface area contributed by atoms with Crippen LogP contribution in [0.15, 0.2) is 26.5 Å². The fraction of sp³-hybridized carbons (Fsp3) is 0.231. The van der Waals surface area contributed by atoms with E-state index in [-0.39, 0.29) is 0 Å². The summed E-state index contributed by atoms with van der Waals surface area (Å²) in [6.45, 7) is 0.690. The molecule has 0 aliphatic heterocycles. The zero-order valence-corrected chi connectivity index (χ0v) is 15.5. The highest BCUT2D eigenvalue weighted by Crippen LogP contribution is 2.37. The average Bonchev–Trinajstić information content (AvgIpc) is 2.76. The van der Waals surface area contributed by atoms with Gasteiger partial charge in [-0.05, 0) is 37.9 Å². The first-order valence-electron chi connectivity index (χ1n) is 5.64. The molecular weight excluding hydrogens is 429 g/mol. The van der Waals surface area contributed by atoms with E-state index < -0.39 is 0 Å². The largest absolute Gasteiger partial charge is 0.495 e. The highest BCUT2D eigenvalue weighted by Gasteiger charge is 2.10. The predicted molar refractivity (Wildman–Crippen MR) is 91.6 cm³/mol. The van der Waals surface area contributed by atoms with Crippen LogP contribution in [-0.2, 0) is 6.54 Å². The van der Waals surface area contributed by atoms with E-state index in [4.69, 9.17) is 21.1 Å². The standard InChI is InChI=1S/C13H12Br2ClNO2S/c1-18-11-5-10(12(19-2)4-9(11)16)17-6-7-3-8(14)13(15)20-7/h3-5,17H,6H2,1-2H3. The maximum atomic E-state index is 6.08. The quantitative estimate of drug-likeness (QED) is 0.659. The minimum Gasteiger partial charge on any atom is -0.495 e. The van der Waals surface area contributed by atoms with Crippen LogP contribution in [0.5, 0.6) is 11.5 Å². The van der Waals surface area contributed by atoms with E-state index in [0.29, 0.717) is 23.1 Å². The Balaban J connectivity index is 2.19. The number of halogens is 3. The lowest BCUT2D eigenvalue weighted by Crippen LogP contribution is -2.00. The van der Waals surface area contributed by atoms with Crippen molar-refractivity contribution >= 4 is 60.5 Å². The van der Waals surface area contributed by atoms with Crippen molar-refractivity contribution in [3.8, 4) is 11.5 Å². The molecule has 1 aromatic carbocycles. The van der Waals surface area contributed by atoms with Gasteiger partial charge in [0.05, 0.1) is 28.7 Å². The van der Waals surface area contributed by atoms with Gasteiger partial charge in [-0.2, -0.15) is 0 Å². The van der Waals surface area contributed by atoms with Gasteiger partial charge < -0.3 is 14.8 Å². The Hall–Kier alpha value is -0.430. The van der Waals surface area contributed by atoms with E-state index >= 15 is 0 Å². The summed E-state index contributed by atoms with van der Waals surface area (Å²) >= 11 is 14.7. The number of hydrogen-bond acceptors (Lipinski definition) is 4. The number of ether oxygens (including phenoxy) is 2. The summed E-state index contributed by atoms with van der Waals surface area (Å²) in [6, 6.07) is 5.64. The lowest BCUT2D eigenvalue weighted by atomic mass is 10.2. The summed E-state index contributed by atoms with van der Waals surface area (Å²) in [4.78, 5) is 1.19. The lowest BCUT2D eigenvalue weighted by molar-refractivity contribution is 0.404. The highest BCUT2D eigenvalue weighted by molar-refractivity contribution is 9.13. The van der Waals surface area contributed by atoms with Gasteiger partial charge >= 0.3 is 0 Å². The maximum Gasteiger partial charge on any atom is 0.143 e. The summed E-state index contributed by atoms with van der Waals surface area (Å²) in [6.07, 6.45) is 0. The predicted octanol–water partition coefficient (Wildman–Crippen LogP) is 5.56. The molecule has 1 heterocycles. The number of thiophene rings is 1. The third kappa shape index (κ3) is 3.61. The molecule has 0 aliphatic rings. The maximum absolute atomic E-state index is 6.08. The van der Waals surface area contributed by atoms with Crippen LogP contribution in [-0.4, -0.2) is 14.2 Å². The number of benzene rings is 1. The lowest BCUT2D eigenvalue weighted by Gasteiger charge is -2.13. The van der Waals surface area contributed by atoms with E-state index in [0.717, 1.165) is 13.9 Å². The Bertz CT molecular complexity index is 599. The zero-order valence-electron chi connectivity index (χ0n) is 10.8. The molecule has 108 valence electrons. The van der Waals surface area contributed by atoms with Gasteiger partial charge in [0.2, 0.25) is 0 Å². The van der Waals surface area contributed by atoms with Gasteiger partial charge in [-0.3, -0.25) is 0 Å². The van der Waals surface area contributed by atoms with E-state index in [2.05, 4.69) is 43.2 Å². The molecule has 7 heteroatoms. The second kappa shape index (κ2) is 7.02.